The van der Waals surface area contributed by atoms with Crippen LogP contribution < -0.4 is 4.74 Å². The third-order valence-electron chi connectivity index (χ3n) is 4.87. The van der Waals surface area contributed by atoms with Gasteiger partial charge in [0.05, 0.1) is 24.6 Å². The molecule has 1 aliphatic heterocycles. The topological polar surface area (TPSA) is 73.1 Å². The Labute approximate surface area is 148 Å². The molecule has 1 saturated heterocycles. The van der Waals surface area contributed by atoms with E-state index in [2.05, 4.69) is 22.2 Å². The second-order valence-electron chi connectivity index (χ2n) is 6.37. The van der Waals surface area contributed by atoms with Gasteiger partial charge >= 0.3 is 0 Å². The molecule has 0 bridgehead atoms. The van der Waals surface area contributed by atoms with Gasteiger partial charge in [-0.15, -0.1) is 10.2 Å². The lowest BCUT2D eigenvalue weighted by molar-refractivity contribution is 0.0670. The fourth-order valence-electron chi connectivity index (χ4n) is 3.38. The van der Waals surface area contributed by atoms with E-state index in [1.165, 1.54) is 6.42 Å². The minimum Gasteiger partial charge on any atom is -0.480 e. The van der Waals surface area contributed by atoms with Gasteiger partial charge in [0.15, 0.2) is 5.82 Å². The number of carbonyl (C=O) groups excluding carboxylic acids is 1. The standard InChI is InChI=1S/C18H25N5O2/c1-4-13-7-6-10-22(12-13)18(24)14-11-19-23(15(14)5-2)16-8-9-17(25-3)21-20-16/h8-9,11,13H,4-7,10,12H2,1-3H3. The predicted molar refractivity (Wildman–Crippen MR) is 94.0 cm³/mol. The zero-order valence-corrected chi connectivity index (χ0v) is 15.1. The summed E-state index contributed by atoms with van der Waals surface area (Å²) in [6.45, 7) is 5.88. The van der Waals surface area contributed by atoms with Crippen molar-refractivity contribution in [1.29, 1.82) is 0 Å². The minimum absolute atomic E-state index is 0.0720. The van der Waals surface area contributed by atoms with Crippen LogP contribution in [0.4, 0.5) is 0 Å². The highest BCUT2D eigenvalue weighted by Gasteiger charge is 2.27. The van der Waals surface area contributed by atoms with Crippen LogP contribution >= 0.6 is 0 Å². The van der Waals surface area contributed by atoms with E-state index in [0.29, 0.717) is 29.6 Å². The highest BCUT2D eigenvalue weighted by molar-refractivity contribution is 5.95. The molecular weight excluding hydrogens is 318 g/mol. The van der Waals surface area contributed by atoms with Gasteiger partial charge < -0.3 is 9.64 Å². The van der Waals surface area contributed by atoms with Gasteiger partial charge in [0.25, 0.3) is 5.91 Å². The van der Waals surface area contributed by atoms with E-state index < -0.39 is 0 Å². The van der Waals surface area contributed by atoms with Crippen LogP contribution in [-0.4, -0.2) is 51.0 Å². The molecule has 1 unspecified atom stereocenters. The summed E-state index contributed by atoms with van der Waals surface area (Å²) in [5, 5.41) is 12.5. The molecule has 2 aromatic rings. The van der Waals surface area contributed by atoms with E-state index in [1.807, 2.05) is 11.8 Å². The molecule has 3 rings (SSSR count). The fraction of sp³-hybridized carbons (Fsp3) is 0.556. The molecule has 1 amide bonds. The maximum Gasteiger partial charge on any atom is 0.257 e. The number of rotatable bonds is 5. The SMILES string of the molecule is CCc1c(C(=O)N2CCCC(CC)C2)cnn1-c1ccc(OC)nn1. The molecule has 0 aliphatic carbocycles. The largest absolute Gasteiger partial charge is 0.480 e. The van der Waals surface area contributed by atoms with Crippen LogP contribution in [0.1, 0.15) is 49.2 Å². The van der Waals surface area contributed by atoms with Crippen molar-refractivity contribution in [3.63, 3.8) is 0 Å². The maximum absolute atomic E-state index is 13.0. The first-order chi connectivity index (χ1) is 12.2. The van der Waals surface area contributed by atoms with Crippen molar-refractivity contribution in [3.05, 3.63) is 29.6 Å². The lowest BCUT2D eigenvalue weighted by atomic mass is 9.95. The van der Waals surface area contributed by atoms with Crippen molar-refractivity contribution in [2.45, 2.75) is 39.5 Å². The normalized spacial score (nSPS) is 17.6. The summed E-state index contributed by atoms with van der Waals surface area (Å²) in [4.78, 5) is 15.0. The first kappa shape index (κ1) is 17.4. The Kier molecular flexibility index (Phi) is 5.31. The Balaban J connectivity index is 1.87. The molecule has 0 saturated carbocycles. The summed E-state index contributed by atoms with van der Waals surface area (Å²) in [7, 11) is 1.55. The van der Waals surface area contributed by atoms with Crippen LogP contribution in [0.25, 0.3) is 5.82 Å². The van der Waals surface area contributed by atoms with Crippen LogP contribution in [0.2, 0.25) is 0 Å². The van der Waals surface area contributed by atoms with Crippen molar-refractivity contribution in [3.8, 4) is 11.7 Å². The molecule has 3 heterocycles. The molecule has 0 spiro atoms. The van der Waals surface area contributed by atoms with Crippen molar-refractivity contribution < 1.29 is 9.53 Å². The van der Waals surface area contributed by atoms with E-state index in [-0.39, 0.29) is 5.91 Å². The number of hydrogen-bond acceptors (Lipinski definition) is 5. The summed E-state index contributed by atoms with van der Waals surface area (Å²) in [5.41, 5.74) is 1.53. The first-order valence-corrected chi connectivity index (χ1v) is 8.92. The molecule has 7 heteroatoms. The van der Waals surface area contributed by atoms with E-state index >= 15 is 0 Å². The first-order valence-electron chi connectivity index (χ1n) is 8.92. The average Bonchev–Trinajstić information content (AvgIpc) is 3.11. The summed E-state index contributed by atoms with van der Waals surface area (Å²) in [6.07, 6.45) is 5.75. The van der Waals surface area contributed by atoms with Crippen molar-refractivity contribution in [2.75, 3.05) is 20.2 Å². The van der Waals surface area contributed by atoms with E-state index in [9.17, 15) is 4.79 Å². The smallest absolute Gasteiger partial charge is 0.257 e. The van der Waals surface area contributed by atoms with Gasteiger partial charge in [-0.3, -0.25) is 4.79 Å². The molecule has 0 aromatic carbocycles. The number of amides is 1. The highest BCUT2D eigenvalue weighted by Crippen LogP contribution is 2.23. The van der Waals surface area contributed by atoms with E-state index in [1.54, 1.807) is 30.1 Å². The zero-order chi connectivity index (χ0) is 17.8. The van der Waals surface area contributed by atoms with Gasteiger partial charge in [0, 0.05) is 19.2 Å². The van der Waals surface area contributed by atoms with Crippen LogP contribution in [0.3, 0.4) is 0 Å². The summed E-state index contributed by atoms with van der Waals surface area (Å²) in [5.74, 6) is 1.71. The molecule has 2 aromatic heterocycles. The molecule has 25 heavy (non-hydrogen) atoms. The van der Waals surface area contributed by atoms with Gasteiger partial charge in [0.2, 0.25) is 5.88 Å². The van der Waals surface area contributed by atoms with Crippen molar-refractivity contribution >= 4 is 5.91 Å². The number of ether oxygens (including phenoxy) is 1. The molecule has 7 nitrogen and oxygen atoms in total. The Morgan fingerprint density at radius 2 is 2.16 bits per heavy atom. The Bertz CT molecular complexity index is 726. The lowest BCUT2D eigenvalue weighted by Crippen LogP contribution is -2.40. The molecule has 0 radical (unpaired) electrons. The Hall–Kier alpha value is -2.44. The van der Waals surface area contributed by atoms with Crippen LogP contribution in [-0.2, 0) is 6.42 Å². The van der Waals surface area contributed by atoms with Gasteiger partial charge in [-0.25, -0.2) is 4.68 Å². The number of hydrogen-bond donors (Lipinski definition) is 0. The molecular formula is C18H25N5O2. The van der Waals surface area contributed by atoms with Gasteiger partial charge in [-0.1, -0.05) is 20.3 Å². The summed E-state index contributed by atoms with van der Waals surface area (Å²) in [6, 6.07) is 3.53. The third-order valence-corrected chi connectivity index (χ3v) is 4.87. The number of piperidine rings is 1. The zero-order valence-electron chi connectivity index (χ0n) is 15.1. The van der Waals surface area contributed by atoms with Crippen molar-refractivity contribution in [1.82, 2.24) is 24.9 Å². The fourth-order valence-corrected chi connectivity index (χ4v) is 3.38. The lowest BCUT2D eigenvalue weighted by Gasteiger charge is -2.32. The van der Waals surface area contributed by atoms with Gasteiger partial charge in [-0.2, -0.15) is 5.10 Å². The van der Waals surface area contributed by atoms with Crippen LogP contribution in [0.15, 0.2) is 18.3 Å². The highest BCUT2D eigenvalue weighted by atomic mass is 16.5. The Morgan fingerprint density at radius 1 is 1.32 bits per heavy atom. The van der Waals surface area contributed by atoms with Crippen LogP contribution in [0.5, 0.6) is 5.88 Å². The second kappa shape index (κ2) is 7.63. The summed E-state index contributed by atoms with van der Waals surface area (Å²) >= 11 is 0. The Morgan fingerprint density at radius 3 is 2.80 bits per heavy atom. The van der Waals surface area contributed by atoms with Crippen LogP contribution in [0, 0.1) is 5.92 Å². The average molecular weight is 343 g/mol. The molecule has 1 aliphatic rings. The molecule has 134 valence electrons. The molecule has 1 fully saturated rings. The van der Waals surface area contributed by atoms with Gasteiger partial charge in [-0.05, 0) is 31.2 Å². The van der Waals surface area contributed by atoms with E-state index in [0.717, 1.165) is 31.6 Å². The maximum atomic E-state index is 13.0. The third kappa shape index (κ3) is 3.50. The molecule has 0 N–H and O–H groups in total. The monoisotopic (exact) mass is 343 g/mol. The predicted octanol–water partition coefficient (Wildman–Crippen LogP) is 2.50. The summed E-state index contributed by atoms with van der Waals surface area (Å²) < 4.78 is 6.74. The number of nitrogens with zero attached hydrogens (tertiary/aromatic N) is 5. The number of carbonyl (C=O) groups is 1. The molecule has 1 atom stereocenters. The quantitative estimate of drug-likeness (QED) is 0.834. The second-order valence-corrected chi connectivity index (χ2v) is 6.37. The number of methoxy groups -OCH3 is 1. The number of aromatic nitrogens is 4. The number of likely N-dealkylation sites (tertiary alicyclic amines) is 1. The van der Waals surface area contributed by atoms with E-state index in [4.69, 9.17) is 4.74 Å². The van der Waals surface area contributed by atoms with Gasteiger partial charge in [0.1, 0.15) is 0 Å². The van der Waals surface area contributed by atoms with Crippen molar-refractivity contribution in [2.24, 2.45) is 5.92 Å². The minimum atomic E-state index is 0.0720.